The number of carbonyl (C=O) groups excluding carboxylic acids is 1. The second-order valence-corrected chi connectivity index (χ2v) is 8.21. The van der Waals surface area contributed by atoms with Gasteiger partial charge in [-0.25, -0.2) is 12.8 Å². The molecule has 0 aromatic heterocycles. The number of hydrogen-bond acceptors (Lipinski definition) is 4. The highest BCUT2D eigenvalue weighted by molar-refractivity contribution is 7.90. The lowest BCUT2D eigenvalue weighted by molar-refractivity contribution is -0.135. The molecular weight excluding hydrogens is 319 g/mol. The molecule has 1 heterocycles. The first-order chi connectivity index (χ1) is 10.7. The van der Waals surface area contributed by atoms with Crippen LogP contribution in [0.3, 0.4) is 0 Å². The van der Waals surface area contributed by atoms with Crippen molar-refractivity contribution < 1.29 is 17.6 Å². The number of likely N-dealkylation sites (tertiary alicyclic amines) is 1. The van der Waals surface area contributed by atoms with Crippen LogP contribution in [0.1, 0.15) is 33.1 Å². The maximum atomic E-state index is 13.8. The molecule has 1 amide bonds. The molecule has 1 N–H and O–H groups in total. The summed E-state index contributed by atoms with van der Waals surface area (Å²) in [6.07, 6.45) is 4.10. The largest absolute Gasteiger partial charge is 0.374 e. The van der Waals surface area contributed by atoms with Crippen molar-refractivity contribution in [2.75, 3.05) is 18.1 Å². The third kappa shape index (κ3) is 4.22. The molecule has 0 unspecified atom stereocenters. The monoisotopic (exact) mass is 342 g/mol. The lowest BCUT2D eigenvalue weighted by atomic mass is 9.97. The number of amides is 1. The Labute approximate surface area is 136 Å². The fraction of sp³-hybridized carbons (Fsp3) is 0.562. The van der Waals surface area contributed by atoms with E-state index in [9.17, 15) is 17.6 Å². The van der Waals surface area contributed by atoms with E-state index in [0.717, 1.165) is 31.6 Å². The van der Waals surface area contributed by atoms with Gasteiger partial charge in [0.15, 0.2) is 9.84 Å². The van der Waals surface area contributed by atoms with E-state index in [1.54, 1.807) is 0 Å². The minimum absolute atomic E-state index is 0.0218. The SMILES string of the molecule is C[C@@H]1CCC[C@H](C)N1C(=O)CNc1cc(S(C)(=O)=O)ccc1F. The first-order valence-corrected chi connectivity index (χ1v) is 9.64. The predicted molar refractivity (Wildman–Crippen MR) is 87.6 cm³/mol. The molecule has 7 heteroatoms. The molecule has 1 aromatic carbocycles. The summed E-state index contributed by atoms with van der Waals surface area (Å²) in [5, 5.41) is 2.73. The van der Waals surface area contributed by atoms with Crippen molar-refractivity contribution in [2.24, 2.45) is 0 Å². The summed E-state index contributed by atoms with van der Waals surface area (Å²) >= 11 is 0. The van der Waals surface area contributed by atoms with Gasteiger partial charge in [0.2, 0.25) is 5.91 Å². The number of hydrogen-bond donors (Lipinski definition) is 1. The number of benzene rings is 1. The zero-order chi connectivity index (χ0) is 17.2. The first kappa shape index (κ1) is 17.7. The van der Waals surface area contributed by atoms with Gasteiger partial charge in [0.1, 0.15) is 5.82 Å². The highest BCUT2D eigenvalue weighted by Crippen LogP contribution is 2.23. The molecule has 23 heavy (non-hydrogen) atoms. The lowest BCUT2D eigenvalue weighted by Crippen LogP contribution is -2.49. The fourth-order valence-corrected chi connectivity index (χ4v) is 3.69. The standard InChI is InChI=1S/C16H23FN2O3S/c1-11-5-4-6-12(2)19(11)16(20)10-18-15-9-13(23(3,21)22)7-8-14(15)17/h7-9,11-12,18H,4-6,10H2,1-3H3/t11-,12+. The Morgan fingerprint density at radius 3 is 2.48 bits per heavy atom. The number of halogens is 1. The molecule has 128 valence electrons. The predicted octanol–water partition coefficient (Wildman–Crippen LogP) is 2.43. The molecule has 5 nitrogen and oxygen atoms in total. The molecule has 0 aliphatic carbocycles. The number of nitrogens with one attached hydrogen (secondary N) is 1. The van der Waals surface area contributed by atoms with Crippen LogP contribution < -0.4 is 5.32 Å². The van der Waals surface area contributed by atoms with Crippen molar-refractivity contribution in [3.05, 3.63) is 24.0 Å². The summed E-state index contributed by atoms with van der Waals surface area (Å²) in [5.41, 5.74) is 0.0265. The molecule has 0 radical (unpaired) electrons. The van der Waals surface area contributed by atoms with Crippen LogP contribution in [-0.4, -0.2) is 44.1 Å². The number of carbonyl (C=O) groups is 1. The molecule has 2 atom stereocenters. The topological polar surface area (TPSA) is 66.5 Å². The van der Waals surface area contributed by atoms with E-state index in [2.05, 4.69) is 5.32 Å². The van der Waals surface area contributed by atoms with Crippen LogP contribution in [0, 0.1) is 5.82 Å². The average molecular weight is 342 g/mol. The normalized spacial score (nSPS) is 22.0. The van der Waals surface area contributed by atoms with Crippen LogP contribution in [0.2, 0.25) is 0 Å². The van der Waals surface area contributed by atoms with Gasteiger partial charge in [-0.1, -0.05) is 0 Å². The Bertz CT molecular complexity index is 681. The lowest BCUT2D eigenvalue weighted by Gasteiger charge is -2.39. The summed E-state index contributed by atoms with van der Waals surface area (Å²) in [6.45, 7) is 3.97. The maximum Gasteiger partial charge on any atom is 0.242 e. The van der Waals surface area contributed by atoms with Crippen LogP contribution >= 0.6 is 0 Å². The van der Waals surface area contributed by atoms with Crippen LogP contribution in [0.15, 0.2) is 23.1 Å². The van der Waals surface area contributed by atoms with E-state index in [0.29, 0.717) is 0 Å². The maximum absolute atomic E-state index is 13.8. The van der Waals surface area contributed by atoms with Gasteiger partial charge in [-0.2, -0.15) is 0 Å². The van der Waals surface area contributed by atoms with E-state index in [1.165, 1.54) is 12.1 Å². The molecule has 1 aliphatic rings. The van der Waals surface area contributed by atoms with Crippen molar-refractivity contribution in [2.45, 2.75) is 50.1 Å². The second-order valence-electron chi connectivity index (χ2n) is 6.20. The van der Waals surface area contributed by atoms with Crippen LogP contribution in [0.4, 0.5) is 10.1 Å². The van der Waals surface area contributed by atoms with Crippen molar-refractivity contribution in [1.82, 2.24) is 4.90 Å². The van der Waals surface area contributed by atoms with Crippen molar-refractivity contribution in [3.8, 4) is 0 Å². The van der Waals surface area contributed by atoms with E-state index in [4.69, 9.17) is 0 Å². The molecule has 0 spiro atoms. The minimum atomic E-state index is -3.42. The molecule has 1 aliphatic heterocycles. The molecule has 1 aromatic rings. The average Bonchev–Trinajstić information content (AvgIpc) is 2.45. The third-order valence-electron chi connectivity index (χ3n) is 4.28. The summed E-state index contributed by atoms with van der Waals surface area (Å²) in [7, 11) is -3.42. The minimum Gasteiger partial charge on any atom is -0.374 e. The van der Waals surface area contributed by atoms with Crippen molar-refractivity contribution in [1.29, 1.82) is 0 Å². The molecular formula is C16H23FN2O3S. The number of rotatable bonds is 4. The van der Waals surface area contributed by atoms with Gasteiger partial charge in [0.05, 0.1) is 17.1 Å². The number of piperidine rings is 1. The van der Waals surface area contributed by atoms with Crippen LogP contribution in [0.5, 0.6) is 0 Å². The van der Waals surface area contributed by atoms with Gasteiger partial charge >= 0.3 is 0 Å². The fourth-order valence-electron chi connectivity index (χ4n) is 3.05. The van der Waals surface area contributed by atoms with Gasteiger partial charge in [0.25, 0.3) is 0 Å². The Hall–Kier alpha value is -1.63. The van der Waals surface area contributed by atoms with Crippen LogP contribution in [-0.2, 0) is 14.6 Å². The van der Waals surface area contributed by atoms with Gasteiger partial charge < -0.3 is 10.2 Å². The number of anilines is 1. The molecule has 2 rings (SSSR count). The van der Waals surface area contributed by atoms with Gasteiger partial charge in [-0.05, 0) is 51.3 Å². The van der Waals surface area contributed by atoms with Crippen molar-refractivity contribution in [3.63, 3.8) is 0 Å². The van der Waals surface area contributed by atoms with E-state index >= 15 is 0 Å². The first-order valence-electron chi connectivity index (χ1n) is 7.75. The number of sulfone groups is 1. The molecule has 1 saturated heterocycles. The van der Waals surface area contributed by atoms with Crippen LogP contribution in [0.25, 0.3) is 0 Å². The Morgan fingerprint density at radius 1 is 1.30 bits per heavy atom. The van der Waals surface area contributed by atoms with E-state index in [-0.39, 0.29) is 35.1 Å². The summed E-state index contributed by atoms with van der Waals surface area (Å²) in [6, 6.07) is 3.86. The van der Waals surface area contributed by atoms with E-state index in [1.807, 2.05) is 18.7 Å². The summed E-state index contributed by atoms with van der Waals surface area (Å²) in [5.74, 6) is -0.682. The van der Waals surface area contributed by atoms with Gasteiger partial charge in [-0.15, -0.1) is 0 Å². The molecule has 0 bridgehead atoms. The third-order valence-corrected chi connectivity index (χ3v) is 5.39. The van der Waals surface area contributed by atoms with Crippen molar-refractivity contribution >= 4 is 21.4 Å². The summed E-state index contributed by atoms with van der Waals surface area (Å²) < 4.78 is 36.9. The highest BCUT2D eigenvalue weighted by Gasteiger charge is 2.28. The highest BCUT2D eigenvalue weighted by atomic mass is 32.2. The second kappa shape index (κ2) is 6.86. The number of nitrogens with zero attached hydrogens (tertiary/aromatic N) is 1. The quantitative estimate of drug-likeness (QED) is 0.854. The zero-order valence-corrected chi connectivity index (χ0v) is 14.5. The Kier molecular flexibility index (Phi) is 5.29. The Balaban J connectivity index is 2.10. The van der Waals surface area contributed by atoms with Gasteiger partial charge in [-0.3, -0.25) is 4.79 Å². The van der Waals surface area contributed by atoms with Gasteiger partial charge in [0, 0.05) is 18.3 Å². The summed E-state index contributed by atoms with van der Waals surface area (Å²) in [4.78, 5) is 14.3. The Morgan fingerprint density at radius 2 is 1.91 bits per heavy atom. The van der Waals surface area contributed by atoms with E-state index < -0.39 is 15.7 Å². The zero-order valence-electron chi connectivity index (χ0n) is 13.7. The smallest absolute Gasteiger partial charge is 0.242 e. The molecule has 1 fully saturated rings. The molecule has 0 saturated carbocycles.